The molecular weight excluding hydrogens is 390 g/mol. The number of Topliss-reactive ketones (excluding diaryl/α,β-unsaturated/α-hetero) is 2. The molecular formula is C21H23N3O6. The fraction of sp³-hybridized carbons (Fsp3) is 0.381. The van der Waals surface area contributed by atoms with E-state index in [-0.39, 0.29) is 16.9 Å². The third kappa shape index (κ3) is 2.55. The van der Waals surface area contributed by atoms with Crippen molar-refractivity contribution in [2.24, 2.45) is 23.5 Å². The molecule has 3 unspecified atom stereocenters. The number of carbonyl (C=O) groups excluding carboxylic acids is 3. The van der Waals surface area contributed by atoms with Crippen molar-refractivity contribution in [3.63, 3.8) is 0 Å². The summed E-state index contributed by atoms with van der Waals surface area (Å²) in [4.78, 5) is 39.8. The SMILES string of the molecule is CN(C)[C@@H]1C(O)=C(C(N)=O)C(=O)C2C(O)=C3C(=O)c4c(O)ccc(N)c4CC3CC21. The highest BCUT2D eigenvalue weighted by Gasteiger charge is 2.54. The number of likely N-dealkylation sites (N-methyl/N-ethyl adjacent to an activating group) is 1. The van der Waals surface area contributed by atoms with E-state index in [9.17, 15) is 29.7 Å². The average Bonchev–Trinajstić information content (AvgIpc) is 2.63. The number of phenolic OH excluding ortho intramolecular Hbond substituents is 1. The predicted octanol–water partition coefficient (Wildman–Crippen LogP) is 0.588. The molecule has 1 amide bonds. The Morgan fingerprint density at radius 2 is 1.80 bits per heavy atom. The number of hydrogen-bond donors (Lipinski definition) is 5. The lowest BCUT2D eigenvalue weighted by molar-refractivity contribution is -0.127. The van der Waals surface area contributed by atoms with Gasteiger partial charge in [0.1, 0.15) is 22.8 Å². The average molecular weight is 413 g/mol. The Labute approximate surface area is 172 Å². The number of benzene rings is 1. The van der Waals surface area contributed by atoms with Crippen LogP contribution in [0.1, 0.15) is 22.3 Å². The van der Waals surface area contributed by atoms with E-state index in [0.29, 0.717) is 24.1 Å². The molecule has 4 atom stereocenters. The Bertz CT molecular complexity index is 1070. The molecule has 1 aromatic rings. The van der Waals surface area contributed by atoms with Crippen LogP contribution in [0.25, 0.3) is 0 Å². The van der Waals surface area contributed by atoms with Crippen molar-refractivity contribution in [3.05, 3.63) is 45.9 Å². The summed E-state index contributed by atoms with van der Waals surface area (Å²) >= 11 is 0. The first-order chi connectivity index (χ1) is 14.1. The number of nitrogens with two attached hydrogens (primary N) is 2. The summed E-state index contributed by atoms with van der Waals surface area (Å²) in [5.41, 5.74) is 11.7. The van der Waals surface area contributed by atoms with Crippen LogP contribution in [0.2, 0.25) is 0 Å². The number of allylic oxidation sites excluding steroid dienone is 2. The number of nitrogen functional groups attached to an aromatic ring is 1. The lowest BCUT2D eigenvalue weighted by Crippen LogP contribution is -2.53. The van der Waals surface area contributed by atoms with Crippen LogP contribution in [0.4, 0.5) is 5.69 Å². The maximum Gasteiger partial charge on any atom is 0.255 e. The quantitative estimate of drug-likeness (QED) is 0.267. The predicted molar refractivity (Wildman–Crippen MR) is 107 cm³/mol. The van der Waals surface area contributed by atoms with E-state index in [2.05, 4.69) is 0 Å². The zero-order chi connectivity index (χ0) is 22.1. The summed E-state index contributed by atoms with van der Waals surface area (Å²) in [5, 5.41) is 31.9. The maximum absolute atomic E-state index is 13.2. The fourth-order valence-electron chi connectivity index (χ4n) is 5.29. The van der Waals surface area contributed by atoms with Gasteiger partial charge in [-0.2, -0.15) is 0 Å². The van der Waals surface area contributed by atoms with Crippen molar-refractivity contribution >= 4 is 23.2 Å². The van der Waals surface area contributed by atoms with Gasteiger partial charge in [0.15, 0.2) is 11.6 Å². The number of carbonyl (C=O) groups is 3. The molecule has 3 aliphatic rings. The third-order valence-electron chi connectivity index (χ3n) is 6.49. The second-order valence-corrected chi connectivity index (χ2v) is 8.33. The molecule has 0 spiro atoms. The first kappa shape index (κ1) is 20.0. The van der Waals surface area contributed by atoms with E-state index in [0.717, 1.165) is 0 Å². The van der Waals surface area contributed by atoms with Crippen molar-refractivity contribution in [3.8, 4) is 5.75 Å². The highest BCUT2D eigenvalue weighted by molar-refractivity contribution is 6.22. The molecule has 0 radical (unpaired) electrons. The molecule has 0 saturated carbocycles. The van der Waals surface area contributed by atoms with Crippen molar-refractivity contribution in [1.29, 1.82) is 0 Å². The number of aliphatic hydroxyl groups is 2. The van der Waals surface area contributed by atoms with Gasteiger partial charge in [-0.25, -0.2) is 0 Å². The van der Waals surface area contributed by atoms with Gasteiger partial charge in [0, 0.05) is 11.3 Å². The number of phenols is 1. The minimum Gasteiger partial charge on any atom is -0.511 e. The fourth-order valence-corrected chi connectivity index (χ4v) is 5.29. The van der Waals surface area contributed by atoms with Crippen LogP contribution in [0.15, 0.2) is 34.8 Å². The standard InChI is InChI=1S/C21H23N3O6/c1-24(2)16-9-6-7-5-8-10(22)3-4-11(25)13(8)17(26)12(7)18(27)14(9)19(28)15(20(16)29)21(23)30/h3-4,7,9,14,16,25,27,29H,5-6,22H2,1-2H3,(H2,23,30)/t7?,9?,14?,16-/m0/s1. The van der Waals surface area contributed by atoms with Crippen LogP contribution in [-0.4, -0.2) is 57.8 Å². The van der Waals surface area contributed by atoms with E-state index in [1.54, 1.807) is 19.0 Å². The Balaban J connectivity index is 1.92. The number of fused-ring (bicyclic) bond motifs is 3. The molecule has 158 valence electrons. The first-order valence-corrected chi connectivity index (χ1v) is 9.57. The largest absolute Gasteiger partial charge is 0.511 e. The van der Waals surface area contributed by atoms with E-state index in [1.165, 1.54) is 12.1 Å². The van der Waals surface area contributed by atoms with Crippen LogP contribution in [-0.2, 0) is 16.0 Å². The third-order valence-corrected chi connectivity index (χ3v) is 6.49. The molecule has 9 heteroatoms. The molecule has 1 aromatic carbocycles. The van der Waals surface area contributed by atoms with Gasteiger partial charge in [-0.05, 0) is 56.5 Å². The number of amides is 1. The van der Waals surface area contributed by atoms with E-state index < -0.39 is 58.4 Å². The second kappa shape index (κ2) is 6.60. The van der Waals surface area contributed by atoms with Gasteiger partial charge in [-0.15, -0.1) is 0 Å². The number of hydrogen-bond acceptors (Lipinski definition) is 8. The Morgan fingerprint density at radius 1 is 1.13 bits per heavy atom. The number of nitrogens with zero attached hydrogens (tertiary/aromatic N) is 1. The van der Waals surface area contributed by atoms with E-state index >= 15 is 0 Å². The lowest BCUT2D eigenvalue weighted by Gasteiger charge is -2.46. The summed E-state index contributed by atoms with van der Waals surface area (Å²) < 4.78 is 0. The van der Waals surface area contributed by atoms with Gasteiger partial charge in [0.05, 0.1) is 17.5 Å². The minimum atomic E-state index is -1.18. The van der Waals surface area contributed by atoms with E-state index in [4.69, 9.17) is 11.5 Å². The van der Waals surface area contributed by atoms with Crippen LogP contribution >= 0.6 is 0 Å². The monoisotopic (exact) mass is 413 g/mol. The van der Waals surface area contributed by atoms with Gasteiger partial charge in [-0.1, -0.05) is 0 Å². The summed E-state index contributed by atoms with van der Waals surface area (Å²) in [5.74, 6) is -5.79. The smallest absolute Gasteiger partial charge is 0.255 e. The molecule has 0 bridgehead atoms. The number of ketones is 2. The normalized spacial score (nSPS) is 28.4. The number of aliphatic hydroxyl groups excluding tert-OH is 2. The highest BCUT2D eigenvalue weighted by Crippen LogP contribution is 2.50. The van der Waals surface area contributed by atoms with Gasteiger partial charge in [0.25, 0.3) is 5.91 Å². The number of aromatic hydroxyl groups is 1. The molecule has 0 saturated heterocycles. The molecule has 30 heavy (non-hydrogen) atoms. The Hall–Kier alpha value is -3.33. The van der Waals surface area contributed by atoms with Crippen LogP contribution < -0.4 is 11.5 Å². The highest BCUT2D eigenvalue weighted by atomic mass is 16.3. The van der Waals surface area contributed by atoms with Crippen LogP contribution in [0.5, 0.6) is 5.75 Å². The zero-order valence-corrected chi connectivity index (χ0v) is 16.5. The van der Waals surface area contributed by atoms with Crippen molar-refractivity contribution in [2.45, 2.75) is 18.9 Å². The minimum absolute atomic E-state index is 0.0205. The van der Waals surface area contributed by atoms with Crippen molar-refractivity contribution < 1.29 is 29.7 Å². The molecule has 4 rings (SSSR count). The molecule has 9 nitrogen and oxygen atoms in total. The number of anilines is 1. The van der Waals surface area contributed by atoms with Gasteiger partial charge < -0.3 is 26.8 Å². The first-order valence-electron chi connectivity index (χ1n) is 9.57. The van der Waals surface area contributed by atoms with E-state index in [1.807, 2.05) is 0 Å². The topological polar surface area (TPSA) is 167 Å². The molecule has 0 aliphatic heterocycles. The van der Waals surface area contributed by atoms with Crippen molar-refractivity contribution in [1.82, 2.24) is 4.90 Å². The molecule has 7 N–H and O–H groups in total. The molecule has 3 aliphatic carbocycles. The summed E-state index contributed by atoms with van der Waals surface area (Å²) in [6.07, 6.45) is 0.598. The van der Waals surface area contributed by atoms with Gasteiger partial charge in [0.2, 0.25) is 0 Å². The Kier molecular flexibility index (Phi) is 4.39. The Morgan fingerprint density at radius 3 is 2.40 bits per heavy atom. The van der Waals surface area contributed by atoms with Crippen LogP contribution in [0, 0.1) is 17.8 Å². The summed E-state index contributed by atoms with van der Waals surface area (Å²) in [7, 11) is 3.36. The molecule has 0 aromatic heterocycles. The van der Waals surface area contributed by atoms with Crippen molar-refractivity contribution in [2.75, 3.05) is 19.8 Å². The lowest BCUT2D eigenvalue weighted by atomic mass is 9.61. The summed E-state index contributed by atoms with van der Waals surface area (Å²) in [6, 6.07) is 2.09. The zero-order valence-electron chi connectivity index (χ0n) is 16.5. The number of rotatable bonds is 2. The number of primary amides is 1. The van der Waals surface area contributed by atoms with Gasteiger partial charge in [-0.3, -0.25) is 19.3 Å². The molecule has 0 heterocycles. The summed E-state index contributed by atoms with van der Waals surface area (Å²) in [6.45, 7) is 0. The van der Waals surface area contributed by atoms with Gasteiger partial charge >= 0.3 is 0 Å². The van der Waals surface area contributed by atoms with Crippen LogP contribution in [0.3, 0.4) is 0 Å². The second-order valence-electron chi connectivity index (χ2n) is 8.33. The molecule has 0 fully saturated rings. The maximum atomic E-state index is 13.2.